The Labute approximate surface area is 162 Å². The molecule has 136 valence electrons. The molecule has 3 saturated heterocycles. The molecule has 0 bridgehead atoms. The highest BCUT2D eigenvalue weighted by molar-refractivity contribution is 7.99. The Bertz CT molecular complexity index is 899. The first kappa shape index (κ1) is 16.8. The monoisotopic (exact) mass is 377 g/mol. The molecule has 5 rings (SSSR count). The third-order valence-corrected chi connectivity index (χ3v) is 7.13. The van der Waals surface area contributed by atoms with Crippen molar-refractivity contribution >= 4 is 35.3 Å². The van der Waals surface area contributed by atoms with Gasteiger partial charge in [0.2, 0.25) is 11.8 Å². The Hall–Kier alpha value is -2.37. The Balaban J connectivity index is 1.51. The van der Waals surface area contributed by atoms with Crippen LogP contribution in [0.25, 0.3) is 6.08 Å². The summed E-state index contributed by atoms with van der Waals surface area (Å²) in [7, 11) is 0. The third kappa shape index (κ3) is 2.65. The Kier molecular flexibility index (Phi) is 4.14. The molecule has 3 aliphatic rings. The summed E-state index contributed by atoms with van der Waals surface area (Å²) in [5, 5.41) is 0. The summed E-state index contributed by atoms with van der Waals surface area (Å²) in [4.78, 5) is 29.3. The molecule has 3 heterocycles. The fourth-order valence-corrected chi connectivity index (χ4v) is 6.23. The van der Waals surface area contributed by atoms with Gasteiger partial charge in [0.25, 0.3) is 0 Å². The number of fused-ring (bicyclic) bond motifs is 3. The molecule has 3 aliphatic heterocycles. The largest absolute Gasteiger partial charge is 0.316 e. The zero-order chi connectivity index (χ0) is 18.4. The van der Waals surface area contributed by atoms with E-state index in [0.717, 1.165) is 17.2 Å². The summed E-state index contributed by atoms with van der Waals surface area (Å²) in [5.41, 5.74) is 1.82. The lowest BCUT2D eigenvalue weighted by Crippen LogP contribution is -3.15. The van der Waals surface area contributed by atoms with E-state index in [4.69, 9.17) is 0 Å². The molecular formula is C22H21N2O2S+. The summed E-state index contributed by atoms with van der Waals surface area (Å²) in [6, 6.07) is 19.8. The van der Waals surface area contributed by atoms with Gasteiger partial charge in [0.05, 0.1) is 11.4 Å². The van der Waals surface area contributed by atoms with Crippen molar-refractivity contribution in [3.8, 4) is 0 Å². The van der Waals surface area contributed by atoms with Crippen LogP contribution in [0.15, 0.2) is 66.7 Å². The van der Waals surface area contributed by atoms with Crippen LogP contribution >= 0.6 is 11.8 Å². The molecular weight excluding hydrogens is 356 g/mol. The number of hydrogen-bond acceptors (Lipinski definition) is 3. The van der Waals surface area contributed by atoms with E-state index in [-0.39, 0.29) is 35.7 Å². The van der Waals surface area contributed by atoms with E-state index in [1.165, 1.54) is 9.80 Å². The van der Waals surface area contributed by atoms with Crippen LogP contribution in [0.4, 0.5) is 5.69 Å². The first-order valence-electron chi connectivity index (χ1n) is 9.35. The highest BCUT2D eigenvalue weighted by atomic mass is 32.2. The molecule has 5 atom stereocenters. The van der Waals surface area contributed by atoms with Crippen LogP contribution in [0.3, 0.4) is 0 Å². The number of anilines is 1. The third-order valence-electron chi connectivity index (χ3n) is 6.00. The standard InChI is InChI=1S/C22H20N2O2S/c25-21-19-17(12-11-15-7-3-1-4-8-15)23-14-27-13-18(23)20(19)22(26)24(21)16-9-5-2-6-10-16/h1-12,17-20H,13-14H2/p+1/b12-11+/t17-,18+,19+,20+/m0/s1. The van der Waals surface area contributed by atoms with Gasteiger partial charge in [-0.1, -0.05) is 66.4 Å². The van der Waals surface area contributed by atoms with Crippen molar-refractivity contribution < 1.29 is 14.5 Å². The van der Waals surface area contributed by atoms with Gasteiger partial charge >= 0.3 is 0 Å². The number of carbonyl (C=O) groups excluding carboxylic acids is 2. The van der Waals surface area contributed by atoms with Gasteiger partial charge in [-0.2, -0.15) is 0 Å². The fourth-order valence-electron chi connectivity index (χ4n) is 4.79. The number of hydrogen-bond donors (Lipinski definition) is 1. The summed E-state index contributed by atoms with van der Waals surface area (Å²) in [6.07, 6.45) is 4.26. The molecule has 4 nitrogen and oxygen atoms in total. The van der Waals surface area contributed by atoms with E-state index in [0.29, 0.717) is 5.69 Å². The Morgan fingerprint density at radius 1 is 0.926 bits per heavy atom. The fraction of sp³-hybridized carbons (Fsp3) is 0.273. The van der Waals surface area contributed by atoms with Crippen molar-refractivity contribution in [2.75, 3.05) is 16.5 Å². The maximum atomic E-state index is 13.3. The minimum atomic E-state index is -0.251. The number of carbonyl (C=O) groups is 2. The highest BCUT2D eigenvalue weighted by Crippen LogP contribution is 2.40. The smallest absolute Gasteiger partial charge is 0.244 e. The number of imide groups is 1. The summed E-state index contributed by atoms with van der Waals surface area (Å²) in [6.45, 7) is 0. The second-order valence-electron chi connectivity index (χ2n) is 7.39. The minimum absolute atomic E-state index is 0.0168. The lowest BCUT2D eigenvalue weighted by atomic mass is 9.89. The number of quaternary nitrogens is 1. The van der Waals surface area contributed by atoms with Crippen LogP contribution in [-0.2, 0) is 9.59 Å². The molecule has 3 fully saturated rings. The molecule has 1 N–H and O–H groups in total. The predicted octanol–water partition coefficient (Wildman–Crippen LogP) is 1.85. The highest BCUT2D eigenvalue weighted by Gasteiger charge is 2.65. The number of amides is 2. The quantitative estimate of drug-likeness (QED) is 0.830. The van der Waals surface area contributed by atoms with Crippen LogP contribution in [0, 0.1) is 11.8 Å². The molecule has 0 radical (unpaired) electrons. The molecule has 27 heavy (non-hydrogen) atoms. The molecule has 0 spiro atoms. The van der Waals surface area contributed by atoms with E-state index in [1.807, 2.05) is 60.3 Å². The molecule has 2 aromatic rings. The first-order valence-corrected chi connectivity index (χ1v) is 10.5. The first-order chi connectivity index (χ1) is 13.3. The number of benzene rings is 2. The van der Waals surface area contributed by atoms with Gasteiger partial charge < -0.3 is 4.90 Å². The van der Waals surface area contributed by atoms with Gasteiger partial charge in [-0.05, 0) is 23.8 Å². The topological polar surface area (TPSA) is 41.8 Å². The number of nitrogens with zero attached hydrogens (tertiary/aromatic N) is 1. The average molecular weight is 377 g/mol. The van der Waals surface area contributed by atoms with Crippen molar-refractivity contribution in [3.05, 3.63) is 72.3 Å². The van der Waals surface area contributed by atoms with Gasteiger partial charge in [0.1, 0.15) is 29.8 Å². The van der Waals surface area contributed by atoms with Crippen molar-refractivity contribution in [1.29, 1.82) is 0 Å². The number of thioether (sulfide) groups is 1. The summed E-state index contributed by atoms with van der Waals surface area (Å²) < 4.78 is 0. The van der Waals surface area contributed by atoms with Gasteiger partial charge in [0.15, 0.2) is 0 Å². The summed E-state index contributed by atoms with van der Waals surface area (Å²) in [5.74, 6) is 1.41. The van der Waals surface area contributed by atoms with Crippen LogP contribution in [0.2, 0.25) is 0 Å². The van der Waals surface area contributed by atoms with Crippen LogP contribution in [0.1, 0.15) is 5.56 Å². The zero-order valence-corrected chi connectivity index (χ0v) is 15.6. The van der Waals surface area contributed by atoms with Crippen molar-refractivity contribution in [1.82, 2.24) is 0 Å². The number of nitrogens with one attached hydrogen (secondary N) is 1. The van der Waals surface area contributed by atoms with E-state index < -0.39 is 0 Å². The van der Waals surface area contributed by atoms with E-state index >= 15 is 0 Å². The predicted molar refractivity (Wildman–Crippen MR) is 107 cm³/mol. The second-order valence-corrected chi connectivity index (χ2v) is 8.42. The van der Waals surface area contributed by atoms with Crippen LogP contribution in [0.5, 0.6) is 0 Å². The number of para-hydroxylation sites is 1. The maximum absolute atomic E-state index is 13.3. The van der Waals surface area contributed by atoms with Crippen molar-refractivity contribution in [2.24, 2.45) is 11.8 Å². The Morgan fingerprint density at radius 3 is 2.33 bits per heavy atom. The normalized spacial score (nSPS) is 32.3. The second kappa shape index (κ2) is 6.66. The van der Waals surface area contributed by atoms with Gasteiger partial charge in [-0.15, -0.1) is 0 Å². The molecule has 1 unspecified atom stereocenters. The lowest BCUT2D eigenvalue weighted by molar-refractivity contribution is -0.912. The van der Waals surface area contributed by atoms with E-state index in [1.54, 1.807) is 0 Å². The van der Waals surface area contributed by atoms with E-state index in [2.05, 4.69) is 24.3 Å². The van der Waals surface area contributed by atoms with Crippen LogP contribution in [-0.4, -0.2) is 35.5 Å². The van der Waals surface area contributed by atoms with Gasteiger partial charge in [-0.3, -0.25) is 9.59 Å². The van der Waals surface area contributed by atoms with Crippen molar-refractivity contribution in [3.63, 3.8) is 0 Å². The molecule has 0 aromatic heterocycles. The SMILES string of the molecule is O=C1[C@H]2[C@H](C(=O)N1c1ccccc1)[C@H](/C=C/c1ccccc1)[NH+]1CSC[C@H]21. The van der Waals surface area contributed by atoms with Gasteiger partial charge in [0, 0.05) is 0 Å². The lowest BCUT2D eigenvalue weighted by Gasteiger charge is -2.23. The molecule has 2 amide bonds. The minimum Gasteiger partial charge on any atom is -0.316 e. The average Bonchev–Trinajstić information content (AvgIpc) is 3.34. The summed E-state index contributed by atoms with van der Waals surface area (Å²) >= 11 is 1.89. The number of rotatable bonds is 3. The molecule has 5 heteroatoms. The Morgan fingerprint density at radius 2 is 1.59 bits per heavy atom. The maximum Gasteiger partial charge on any atom is 0.244 e. The van der Waals surface area contributed by atoms with Gasteiger partial charge in [-0.25, -0.2) is 4.90 Å². The zero-order valence-electron chi connectivity index (χ0n) is 14.8. The van der Waals surface area contributed by atoms with Crippen LogP contribution < -0.4 is 9.80 Å². The molecule has 0 aliphatic carbocycles. The van der Waals surface area contributed by atoms with E-state index in [9.17, 15) is 9.59 Å². The molecule has 2 aromatic carbocycles. The van der Waals surface area contributed by atoms with Crippen molar-refractivity contribution in [2.45, 2.75) is 12.1 Å². The molecule has 0 saturated carbocycles.